The normalized spacial score (nSPS) is 25.2. The van der Waals surface area contributed by atoms with E-state index in [0.717, 1.165) is 19.3 Å². The van der Waals surface area contributed by atoms with E-state index in [2.05, 4.69) is 4.74 Å². The summed E-state index contributed by atoms with van der Waals surface area (Å²) in [5.74, 6) is -1.19. The highest BCUT2D eigenvalue weighted by molar-refractivity contribution is 5.85. The van der Waals surface area contributed by atoms with Gasteiger partial charge >= 0.3 is 12.3 Å². The van der Waals surface area contributed by atoms with Crippen molar-refractivity contribution in [3.05, 3.63) is 29.8 Å². The smallest absolute Gasteiger partial charge is 0.480 e. The predicted molar refractivity (Wildman–Crippen MR) is 85.4 cm³/mol. The van der Waals surface area contributed by atoms with E-state index in [-0.39, 0.29) is 29.9 Å². The quantitative estimate of drug-likeness (QED) is 0.863. The Labute approximate surface area is 148 Å². The van der Waals surface area contributed by atoms with Crippen molar-refractivity contribution >= 4 is 11.9 Å². The number of fused-ring (bicyclic) bond motifs is 1. The number of halogens is 3. The fourth-order valence-electron chi connectivity index (χ4n) is 4.13. The Hall–Kier alpha value is -2.25. The van der Waals surface area contributed by atoms with Crippen LogP contribution in [0.3, 0.4) is 0 Å². The Balaban J connectivity index is 1.57. The molecule has 0 aromatic heterocycles. The first kappa shape index (κ1) is 18.5. The molecule has 1 aromatic carbocycles. The summed E-state index contributed by atoms with van der Waals surface area (Å²) in [4.78, 5) is 25.6. The Morgan fingerprint density at radius 2 is 1.88 bits per heavy atom. The third kappa shape index (κ3) is 4.11. The standard InChI is InChI=1S/C18H20F3NO4/c19-18(20,21)26-13-7-4-11(5-8-13)6-9-15(23)22-10-12-2-1-3-14(12)16(22)17(24)25/h4-5,7-8,12,14,16H,1-3,6,9-10H2,(H,24,25). The number of carbonyl (C=O) groups excluding carboxylic acids is 1. The van der Waals surface area contributed by atoms with Crippen molar-refractivity contribution in [2.75, 3.05) is 6.54 Å². The first-order chi connectivity index (χ1) is 12.2. The Morgan fingerprint density at radius 3 is 2.50 bits per heavy atom. The van der Waals surface area contributed by atoms with E-state index in [1.54, 1.807) is 0 Å². The second-order valence-corrected chi connectivity index (χ2v) is 6.88. The molecule has 1 amide bonds. The maximum Gasteiger partial charge on any atom is 0.573 e. The molecule has 2 aliphatic rings. The summed E-state index contributed by atoms with van der Waals surface area (Å²) in [6, 6.07) is 4.60. The minimum absolute atomic E-state index is 0.0373. The Kier molecular flexibility index (Phi) is 5.11. The molecule has 3 unspecified atom stereocenters. The largest absolute Gasteiger partial charge is 0.573 e. The van der Waals surface area contributed by atoms with E-state index >= 15 is 0 Å². The van der Waals surface area contributed by atoms with Crippen molar-refractivity contribution < 1.29 is 32.6 Å². The van der Waals surface area contributed by atoms with Gasteiger partial charge in [-0.3, -0.25) is 4.79 Å². The molecule has 5 nitrogen and oxygen atoms in total. The lowest BCUT2D eigenvalue weighted by Crippen LogP contribution is -2.43. The highest BCUT2D eigenvalue weighted by Crippen LogP contribution is 2.42. The molecular formula is C18H20F3NO4. The van der Waals surface area contributed by atoms with Gasteiger partial charge in [-0.2, -0.15) is 0 Å². The van der Waals surface area contributed by atoms with Crippen LogP contribution < -0.4 is 4.74 Å². The number of carboxylic acid groups (broad SMARTS) is 1. The topological polar surface area (TPSA) is 66.8 Å². The van der Waals surface area contributed by atoms with E-state index in [0.29, 0.717) is 18.5 Å². The van der Waals surface area contributed by atoms with Gasteiger partial charge in [-0.1, -0.05) is 18.6 Å². The molecular weight excluding hydrogens is 351 g/mol. The van der Waals surface area contributed by atoms with Gasteiger partial charge in [0.1, 0.15) is 11.8 Å². The number of hydrogen-bond acceptors (Lipinski definition) is 3. The number of amides is 1. The number of hydrogen-bond donors (Lipinski definition) is 1. The summed E-state index contributed by atoms with van der Waals surface area (Å²) >= 11 is 0. The van der Waals surface area contributed by atoms with Gasteiger partial charge in [0.15, 0.2) is 0 Å². The van der Waals surface area contributed by atoms with Crippen LogP contribution in [0.15, 0.2) is 24.3 Å². The fourth-order valence-corrected chi connectivity index (χ4v) is 4.13. The van der Waals surface area contributed by atoms with Gasteiger partial charge in [-0.05, 0) is 48.8 Å². The van der Waals surface area contributed by atoms with E-state index in [1.807, 2.05) is 0 Å². The van der Waals surface area contributed by atoms with Crippen molar-refractivity contribution in [3.63, 3.8) is 0 Å². The molecule has 8 heteroatoms. The summed E-state index contributed by atoms with van der Waals surface area (Å²) in [5, 5.41) is 9.49. The summed E-state index contributed by atoms with van der Waals surface area (Å²) in [5.41, 5.74) is 0.694. The zero-order valence-corrected chi connectivity index (χ0v) is 14.0. The molecule has 0 radical (unpaired) electrons. The van der Waals surface area contributed by atoms with Gasteiger partial charge in [0, 0.05) is 13.0 Å². The number of carbonyl (C=O) groups is 2. The van der Waals surface area contributed by atoms with Crippen molar-refractivity contribution in [3.8, 4) is 5.75 Å². The number of alkyl halides is 3. The minimum Gasteiger partial charge on any atom is -0.480 e. The lowest BCUT2D eigenvalue weighted by atomic mass is 9.94. The molecule has 3 rings (SSSR count). The van der Waals surface area contributed by atoms with Crippen LogP contribution in [0.4, 0.5) is 13.2 Å². The van der Waals surface area contributed by atoms with E-state index < -0.39 is 18.4 Å². The average molecular weight is 371 g/mol. The average Bonchev–Trinajstić information content (AvgIpc) is 3.12. The van der Waals surface area contributed by atoms with E-state index in [9.17, 15) is 27.9 Å². The summed E-state index contributed by atoms with van der Waals surface area (Å²) in [6.45, 7) is 0.485. The minimum atomic E-state index is -4.74. The highest BCUT2D eigenvalue weighted by Gasteiger charge is 2.49. The van der Waals surface area contributed by atoms with E-state index in [4.69, 9.17) is 0 Å². The van der Waals surface area contributed by atoms with Crippen LogP contribution in [0.2, 0.25) is 0 Å². The molecule has 1 aromatic rings. The van der Waals surface area contributed by atoms with Crippen LogP contribution in [0.25, 0.3) is 0 Å². The third-order valence-corrected chi connectivity index (χ3v) is 5.25. The SMILES string of the molecule is O=C(O)C1C2CCCC2CN1C(=O)CCc1ccc(OC(F)(F)F)cc1. The summed E-state index contributed by atoms with van der Waals surface area (Å²) in [7, 11) is 0. The fraction of sp³-hybridized carbons (Fsp3) is 0.556. The zero-order chi connectivity index (χ0) is 18.9. The van der Waals surface area contributed by atoms with Crippen LogP contribution in [-0.2, 0) is 16.0 Å². The van der Waals surface area contributed by atoms with Gasteiger partial charge in [0.05, 0.1) is 0 Å². The molecule has 1 aliphatic carbocycles. The molecule has 1 saturated heterocycles. The number of rotatable bonds is 5. The van der Waals surface area contributed by atoms with Crippen LogP contribution >= 0.6 is 0 Å². The molecule has 0 bridgehead atoms. The highest BCUT2D eigenvalue weighted by atomic mass is 19.4. The van der Waals surface area contributed by atoms with Crippen LogP contribution in [0.5, 0.6) is 5.75 Å². The summed E-state index contributed by atoms with van der Waals surface area (Å²) < 4.78 is 40.2. The molecule has 1 heterocycles. The predicted octanol–water partition coefficient (Wildman–Crippen LogP) is 3.23. The molecule has 1 saturated carbocycles. The molecule has 1 N–H and O–H groups in total. The molecule has 1 aliphatic heterocycles. The molecule has 2 fully saturated rings. The van der Waals surface area contributed by atoms with Crippen LogP contribution in [0.1, 0.15) is 31.2 Å². The Bertz CT molecular complexity index is 674. The summed E-state index contributed by atoms with van der Waals surface area (Å²) in [6.07, 6.45) is -1.47. The number of nitrogens with zero attached hydrogens (tertiary/aromatic N) is 1. The van der Waals surface area contributed by atoms with Crippen molar-refractivity contribution in [2.24, 2.45) is 11.8 Å². The second-order valence-electron chi connectivity index (χ2n) is 6.88. The number of aryl methyl sites for hydroxylation is 1. The van der Waals surface area contributed by atoms with Crippen LogP contribution in [0, 0.1) is 11.8 Å². The maximum atomic E-state index is 12.5. The van der Waals surface area contributed by atoms with Crippen molar-refractivity contribution in [1.29, 1.82) is 0 Å². The number of benzene rings is 1. The number of ether oxygens (including phenoxy) is 1. The second kappa shape index (κ2) is 7.17. The van der Waals surface area contributed by atoms with Crippen molar-refractivity contribution in [2.45, 2.75) is 44.5 Å². The van der Waals surface area contributed by atoms with Crippen LogP contribution in [-0.4, -0.2) is 40.8 Å². The number of likely N-dealkylation sites (tertiary alicyclic amines) is 1. The molecule has 3 atom stereocenters. The zero-order valence-electron chi connectivity index (χ0n) is 14.0. The van der Waals surface area contributed by atoms with Gasteiger partial charge in [-0.15, -0.1) is 13.2 Å². The number of aliphatic carboxylic acids is 1. The lowest BCUT2D eigenvalue weighted by Gasteiger charge is -2.24. The first-order valence-corrected chi connectivity index (χ1v) is 8.61. The monoisotopic (exact) mass is 371 g/mol. The van der Waals surface area contributed by atoms with Gasteiger partial charge < -0.3 is 14.7 Å². The molecule has 142 valence electrons. The van der Waals surface area contributed by atoms with Gasteiger partial charge in [0.2, 0.25) is 5.91 Å². The van der Waals surface area contributed by atoms with Gasteiger partial charge in [-0.25, -0.2) is 4.79 Å². The first-order valence-electron chi connectivity index (χ1n) is 8.61. The molecule has 26 heavy (non-hydrogen) atoms. The van der Waals surface area contributed by atoms with E-state index in [1.165, 1.54) is 29.2 Å². The maximum absolute atomic E-state index is 12.5. The van der Waals surface area contributed by atoms with Gasteiger partial charge in [0.25, 0.3) is 0 Å². The third-order valence-electron chi connectivity index (χ3n) is 5.25. The lowest BCUT2D eigenvalue weighted by molar-refractivity contribution is -0.274. The Morgan fingerprint density at radius 1 is 1.19 bits per heavy atom. The molecule has 0 spiro atoms. The number of carboxylic acids is 1. The van der Waals surface area contributed by atoms with Crippen molar-refractivity contribution in [1.82, 2.24) is 4.90 Å².